The Balaban J connectivity index is 1.55. The summed E-state index contributed by atoms with van der Waals surface area (Å²) >= 11 is 0. The minimum Gasteiger partial charge on any atom is -0.463 e. The van der Waals surface area contributed by atoms with Gasteiger partial charge >= 0.3 is 0 Å². The maximum Gasteiger partial charge on any atom is 0.240 e. The Morgan fingerprint density at radius 3 is 2.71 bits per heavy atom. The molecule has 0 unspecified atom stereocenters. The summed E-state index contributed by atoms with van der Waals surface area (Å²) in [4.78, 5) is 16.1. The zero-order valence-electron chi connectivity index (χ0n) is 11.4. The highest BCUT2D eigenvalue weighted by molar-refractivity contribution is 5.75. The van der Waals surface area contributed by atoms with Gasteiger partial charge < -0.3 is 14.3 Å². The molecule has 3 heterocycles. The highest BCUT2D eigenvalue weighted by Gasteiger charge is 2.04. The van der Waals surface area contributed by atoms with E-state index in [-0.39, 0.29) is 5.91 Å². The van der Waals surface area contributed by atoms with E-state index >= 15 is 0 Å². The number of rotatable bonds is 5. The Morgan fingerprint density at radius 1 is 1.19 bits per heavy atom. The molecular formula is C16H15N3O2. The van der Waals surface area contributed by atoms with Gasteiger partial charge in [0.05, 0.1) is 6.26 Å². The summed E-state index contributed by atoms with van der Waals surface area (Å²) in [5.41, 5.74) is 1.73. The van der Waals surface area contributed by atoms with Gasteiger partial charge in [0.15, 0.2) is 5.76 Å². The number of nitrogens with zero attached hydrogens (tertiary/aromatic N) is 2. The molecule has 5 nitrogen and oxygen atoms in total. The Morgan fingerprint density at radius 2 is 2.05 bits per heavy atom. The van der Waals surface area contributed by atoms with Crippen molar-refractivity contribution in [1.82, 2.24) is 14.9 Å². The molecule has 0 aliphatic carbocycles. The lowest BCUT2D eigenvalue weighted by atomic mass is 10.2. The molecule has 0 saturated heterocycles. The lowest BCUT2D eigenvalue weighted by molar-refractivity contribution is -0.121. The molecule has 21 heavy (non-hydrogen) atoms. The third-order valence-corrected chi connectivity index (χ3v) is 3.08. The SMILES string of the molecule is O=C(Cn1cccc1)NCc1ccc(-c2ccco2)nc1. The standard InChI is InChI=1S/C16H15N3O2/c20-16(12-19-7-1-2-8-19)18-11-13-5-6-14(17-10-13)15-4-3-9-21-15/h1-10H,11-12H2,(H,18,20). The van der Waals surface area contributed by atoms with Gasteiger partial charge in [0.1, 0.15) is 12.2 Å². The molecule has 0 aromatic carbocycles. The van der Waals surface area contributed by atoms with Gasteiger partial charge in [0, 0.05) is 25.1 Å². The van der Waals surface area contributed by atoms with Crippen LogP contribution in [0.4, 0.5) is 0 Å². The van der Waals surface area contributed by atoms with Crippen LogP contribution in [-0.4, -0.2) is 15.5 Å². The minimum atomic E-state index is -0.0266. The van der Waals surface area contributed by atoms with Gasteiger partial charge in [-0.05, 0) is 35.9 Å². The summed E-state index contributed by atoms with van der Waals surface area (Å²) in [5, 5.41) is 2.87. The number of amides is 1. The molecule has 1 amide bonds. The van der Waals surface area contributed by atoms with E-state index in [1.165, 1.54) is 0 Å². The van der Waals surface area contributed by atoms with Crippen LogP contribution in [0.3, 0.4) is 0 Å². The molecule has 0 fully saturated rings. The topological polar surface area (TPSA) is 60.1 Å². The average Bonchev–Trinajstić information content (AvgIpc) is 3.19. The molecule has 0 bridgehead atoms. The Labute approximate surface area is 122 Å². The fourth-order valence-corrected chi connectivity index (χ4v) is 2.00. The van der Waals surface area contributed by atoms with Crippen LogP contribution in [0.2, 0.25) is 0 Å². The van der Waals surface area contributed by atoms with Gasteiger partial charge in [0.2, 0.25) is 5.91 Å². The highest BCUT2D eigenvalue weighted by atomic mass is 16.3. The number of furan rings is 1. The molecular weight excluding hydrogens is 266 g/mol. The predicted octanol–water partition coefficient (Wildman–Crippen LogP) is 2.46. The van der Waals surface area contributed by atoms with Gasteiger partial charge in [-0.1, -0.05) is 6.07 Å². The Bertz CT molecular complexity index is 686. The molecule has 0 radical (unpaired) electrons. The minimum absolute atomic E-state index is 0.0266. The number of pyridine rings is 1. The summed E-state index contributed by atoms with van der Waals surface area (Å²) in [6.45, 7) is 0.788. The Hall–Kier alpha value is -2.82. The smallest absolute Gasteiger partial charge is 0.240 e. The fraction of sp³-hybridized carbons (Fsp3) is 0.125. The van der Waals surface area contributed by atoms with Gasteiger partial charge in [-0.3, -0.25) is 9.78 Å². The molecule has 106 valence electrons. The molecule has 1 N–H and O–H groups in total. The summed E-state index contributed by atoms with van der Waals surface area (Å²) < 4.78 is 7.11. The van der Waals surface area contributed by atoms with Gasteiger partial charge in [-0.2, -0.15) is 0 Å². The molecule has 0 spiro atoms. The molecule has 3 aromatic rings. The lowest BCUT2D eigenvalue weighted by Gasteiger charge is -2.06. The molecule has 5 heteroatoms. The zero-order chi connectivity index (χ0) is 14.5. The molecule has 0 saturated carbocycles. The van der Waals surface area contributed by atoms with E-state index in [2.05, 4.69) is 10.3 Å². The number of aromatic nitrogens is 2. The fourth-order valence-electron chi connectivity index (χ4n) is 2.00. The highest BCUT2D eigenvalue weighted by Crippen LogP contribution is 2.16. The quantitative estimate of drug-likeness (QED) is 0.781. The van der Waals surface area contributed by atoms with Crippen molar-refractivity contribution in [3.05, 3.63) is 66.8 Å². The maximum atomic E-state index is 11.8. The van der Waals surface area contributed by atoms with E-state index in [1.54, 1.807) is 12.5 Å². The summed E-state index contributed by atoms with van der Waals surface area (Å²) in [5.74, 6) is 0.708. The normalized spacial score (nSPS) is 10.5. The summed E-state index contributed by atoms with van der Waals surface area (Å²) in [6, 6.07) is 11.3. The predicted molar refractivity (Wildman–Crippen MR) is 78.2 cm³/mol. The zero-order valence-corrected chi connectivity index (χ0v) is 11.4. The first-order valence-corrected chi connectivity index (χ1v) is 6.67. The van der Waals surface area contributed by atoms with Gasteiger partial charge in [-0.15, -0.1) is 0 Å². The number of hydrogen-bond acceptors (Lipinski definition) is 3. The number of hydrogen-bond donors (Lipinski definition) is 1. The first-order valence-electron chi connectivity index (χ1n) is 6.67. The van der Waals surface area contributed by atoms with E-state index in [4.69, 9.17) is 4.42 Å². The van der Waals surface area contributed by atoms with Crippen molar-refractivity contribution in [2.75, 3.05) is 0 Å². The summed E-state index contributed by atoms with van der Waals surface area (Å²) in [7, 11) is 0. The molecule has 3 rings (SSSR count). The third kappa shape index (κ3) is 3.39. The molecule has 3 aromatic heterocycles. The first kappa shape index (κ1) is 13.2. The van der Waals surface area contributed by atoms with Crippen LogP contribution in [0.5, 0.6) is 0 Å². The van der Waals surface area contributed by atoms with Crippen molar-refractivity contribution in [3.63, 3.8) is 0 Å². The summed E-state index contributed by atoms with van der Waals surface area (Å²) in [6.07, 6.45) is 7.08. The van der Waals surface area contributed by atoms with Crippen molar-refractivity contribution >= 4 is 5.91 Å². The molecule has 0 aliphatic heterocycles. The molecule has 0 atom stereocenters. The van der Waals surface area contributed by atoms with Crippen LogP contribution in [0.25, 0.3) is 11.5 Å². The number of carbonyl (C=O) groups is 1. The van der Waals surface area contributed by atoms with Crippen molar-refractivity contribution < 1.29 is 9.21 Å². The van der Waals surface area contributed by atoms with Crippen LogP contribution in [0.15, 0.2) is 65.7 Å². The van der Waals surface area contributed by atoms with E-state index in [0.717, 1.165) is 17.0 Å². The second-order valence-corrected chi connectivity index (χ2v) is 4.66. The largest absolute Gasteiger partial charge is 0.463 e. The van der Waals surface area contributed by atoms with Gasteiger partial charge in [0.25, 0.3) is 0 Å². The van der Waals surface area contributed by atoms with Crippen LogP contribution < -0.4 is 5.32 Å². The number of carbonyl (C=O) groups excluding carboxylic acids is 1. The van der Waals surface area contributed by atoms with Crippen molar-refractivity contribution in [2.45, 2.75) is 13.1 Å². The second kappa shape index (κ2) is 6.09. The van der Waals surface area contributed by atoms with Crippen molar-refractivity contribution in [2.24, 2.45) is 0 Å². The lowest BCUT2D eigenvalue weighted by Crippen LogP contribution is -2.26. The van der Waals surface area contributed by atoms with Crippen molar-refractivity contribution in [1.29, 1.82) is 0 Å². The maximum absolute atomic E-state index is 11.8. The second-order valence-electron chi connectivity index (χ2n) is 4.66. The van der Waals surface area contributed by atoms with Crippen LogP contribution in [0.1, 0.15) is 5.56 Å². The van der Waals surface area contributed by atoms with Crippen LogP contribution >= 0.6 is 0 Å². The average molecular weight is 281 g/mol. The first-order chi connectivity index (χ1) is 10.3. The Kier molecular flexibility index (Phi) is 3.82. The van der Waals surface area contributed by atoms with Crippen molar-refractivity contribution in [3.8, 4) is 11.5 Å². The van der Waals surface area contributed by atoms with E-state index in [1.807, 2.05) is 53.4 Å². The third-order valence-electron chi connectivity index (χ3n) is 3.08. The van der Waals surface area contributed by atoms with Crippen LogP contribution in [-0.2, 0) is 17.9 Å². The number of nitrogens with one attached hydrogen (secondary N) is 1. The molecule has 0 aliphatic rings. The van der Waals surface area contributed by atoms with E-state index in [0.29, 0.717) is 13.1 Å². The van der Waals surface area contributed by atoms with Gasteiger partial charge in [-0.25, -0.2) is 0 Å². The van der Waals surface area contributed by atoms with E-state index in [9.17, 15) is 4.79 Å². The monoisotopic (exact) mass is 281 g/mol. The van der Waals surface area contributed by atoms with Crippen LogP contribution in [0, 0.1) is 0 Å². The van der Waals surface area contributed by atoms with E-state index < -0.39 is 0 Å².